The lowest BCUT2D eigenvalue weighted by molar-refractivity contribution is 0.325. The molecule has 0 aromatic carbocycles. The summed E-state index contributed by atoms with van der Waals surface area (Å²) in [7, 11) is 0. The highest BCUT2D eigenvalue weighted by molar-refractivity contribution is 5.15. The lowest BCUT2D eigenvalue weighted by Crippen LogP contribution is -2.39. The summed E-state index contributed by atoms with van der Waals surface area (Å²) >= 11 is 0. The number of hydrogen-bond acceptors (Lipinski definition) is 1. The minimum atomic E-state index is 0.690. The Hall–Kier alpha value is -0.300. The van der Waals surface area contributed by atoms with E-state index in [1.54, 1.807) is 5.57 Å². The molecule has 0 bridgehead atoms. The maximum atomic E-state index is 3.78. The van der Waals surface area contributed by atoms with E-state index in [1.807, 2.05) is 0 Å². The van der Waals surface area contributed by atoms with Crippen LogP contribution in [0.2, 0.25) is 0 Å². The van der Waals surface area contributed by atoms with Crippen LogP contribution in [0.3, 0.4) is 0 Å². The van der Waals surface area contributed by atoms with E-state index < -0.39 is 0 Å². The Morgan fingerprint density at radius 2 is 2.12 bits per heavy atom. The third kappa shape index (κ3) is 3.34. The molecule has 1 saturated carbocycles. The van der Waals surface area contributed by atoms with Crippen LogP contribution >= 0.6 is 0 Å². The Morgan fingerprint density at radius 3 is 2.82 bits per heavy atom. The van der Waals surface area contributed by atoms with Crippen LogP contribution in [0.25, 0.3) is 0 Å². The van der Waals surface area contributed by atoms with E-state index in [9.17, 15) is 0 Å². The van der Waals surface area contributed by atoms with Crippen molar-refractivity contribution in [2.75, 3.05) is 6.54 Å². The summed E-state index contributed by atoms with van der Waals surface area (Å²) in [6.07, 6.45) is 13.8. The van der Waals surface area contributed by atoms with E-state index in [-0.39, 0.29) is 0 Å². The molecule has 1 fully saturated rings. The van der Waals surface area contributed by atoms with Gasteiger partial charge in [-0.3, -0.25) is 0 Å². The van der Waals surface area contributed by atoms with Crippen molar-refractivity contribution < 1.29 is 0 Å². The Kier molecular flexibility index (Phi) is 5.09. The average molecular weight is 235 g/mol. The molecule has 0 aromatic rings. The monoisotopic (exact) mass is 235 g/mol. The normalized spacial score (nSPS) is 32.0. The first-order chi connectivity index (χ1) is 8.33. The Balaban J connectivity index is 2.06. The summed E-state index contributed by atoms with van der Waals surface area (Å²) in [5.41, 5.74) is 1.74. The standard InChI is InChI=1S/C16H29N/c1-3-17-16(15-12-8-9-13(15)2)14-10-6-4-5-7-11-14/h10,13,15-17H,3-9,11-12H2,1-2H3. The molecule has 0 spiro atoms. The first-order valence-electron chi connectivity index (χ1n) is 7.75. The van der Waals surface area contributed by atoms with Crippen LogP contribution in [0.4, 0.5) is 0 Å². The molecule has 1 heteroatoms. The summed E-state index contributed by atoms with van der Waals surface area (Å²) in [5, 5.41) is 3.78. The van der Waals surface area contributed by atoms with Gasteiger partial charge in [0.15, 0.2) is 0 Å². The fourth-order valence-corrected chi connectivity index (χ4v) is 3.77. The predicted octanol–water partition coefficient (Wildman–Crippen LogP) is 4.29. The van der Waals surface area contributed by atoms with Crippen molar-refractivity contribution >= 4 is 0 Å². The highest BCUT2D eigenvalue weighted by atomic mass is 14.9. The molecule has 0 saturated heterocycles. The van der Waals surface area contributed by atoms with E-state index in [2.05, 4.69) is 25.2 Å². The Morgan fingerprint density at radius 1 is 1.24 bits per heavy atom. The largest absolute Gasteiger partial charge is 0.310 e. The Labute approximate surface area is 107 Å². The van der Waals surface area contributed by atoms with Crippen molar-refractivity contribution in [2.24, 2.45) is 11.8 Å². The van der Waals surface area contributed by atoms with E-state index in [1.165, 1.54) is 51.4 Å². The van der Waals surface area contributed by atoms with Crippen LogP contribution in [0.15, 0.2) is 11.6 Å². The predicted molar refractivity (Wildman–Crippen MR) is 75.1 cm³/mol. The lowest BCUT2D eigenvalue weighted by Gasteiger charge is -2.30. The zero-order valence-electron chi connectivity index (χ0n) is 11.7. The highest BCUT2D eigenvalue weighted by Crippen LogP contribution is 2.37. The molecule has 1 nitrogen and oxygen atoms in total. The van der Waals surface area contributed by atoms with Crippen molar-refractivity contribution in [1.29, 1.82) is 0 Å². The summed E-state index contributed by atoms with van der Waals surface area (Å²) in [6, 6.07) is 0.690. The molecule has 0 radical (unpaired) electrons. The smallest absolute Gasteiger partial charge is 0.0310 e. The van der Waals surface area contributed by atoms with Crippen LogP contribution in [0, 0.1) is 11.8 Å². The van der Waals surface area contributed by atoms with Gasteiger partial charge >= 0.3 is 0 Å². The molecule has 1 N–H and O–H groups in total. The molecule has 3 atom stereocenters. The van der Waals surface area contributed by atoms with E-state index in [0.29, 0.717) is 6.04 Å². The zero-order valence-corrected chi connectivity index (χ0v) is 11.7. The van der Waals surface area contributed by atoms with Gasteiger partial charge < -0.3 is 5.32 Å². The quantitative estimate of drug-likeness (QED) is 0.717. The summed E-state index contributed by atoms with van der Waals surface area (Å²) in [5.74, 6) is 1.82. The van der Waals surface area contributed by atoms with Crippen LogP contribution < -0.4 is 5.32 Å². The van der Waals surface area contributed by atoms with Crippen LogP contribution in [0.5, 0.6) is 0 Å². The fraction of sp³-hybridized carbons (Fsp3) is 0.875. The fourth-order valence-electron chi connectivity index (χ4n) is 3.77. The minimum absolute atomic E-state index is 0.690. The molecule has 0 aliphatic heterocycles. The summed E-state index contributed by atoms with van der Waals surface area (Å²) in [4.78, 5) is 0. The van der Waals surface area contributed by atoms with Gasteiger partial charge in [-0.05, 0) is 50.5 Å². The first-order valence-corrected chi connectivity index (χ1v) is 7.75. The molecule has 0 aromatic heterocycles. The van der Waals surface area contributed by atoms with Gasteiger partial charge in [0.05, 0.1) is 0 Å². The van der Waals surface area contributed by atoms with E-state index in [0.717, 1.165) is 18.4 Å². The molecular formula is C16H29N. The maximum absolute atomic E-state index is 3.78. The number of likely N-dealkylation sites (N-methyl/N-ethyl adjacent to an activating group) is 1. The van der Waals surface area contributed by atoms with Gasteiger partial charge in [-0.2, -0.15) is 0 Å². The summed E-state index contributed by atoms with van der Waals surface area (Å²) in [6.45, 7) is 5.83. The number of allylic oxidation sites excluding steroid dienone is 1. The maximum Gasteiger partial charge on any atom is 0.0310 e. The van der Waals surface area contributed by atoms with Crippen LogP contribution in [-0.2, 0) is 0 Å². The number of rotatable bonds is 4. The second-order valence-corrected chi connectivity index (χ2v) is 5.99. The third-order valence-corrected chi connectivity index (χ3v) is 4.76. The van der Waals surface area contributed by atoms with Crippen molar-refractivity contribution in [3.05, 3.63) is 11.6 Å². The van der Waals surface area contributed by atoms with Gasteiger partial charge in [0, 0.05) is 6.04 Å². The van der Waals surface area contributed by atoms with Crippen LogP contribution in [-0.4, -0.2) is 12.6 Å². The van der Waals surface area contributed by atoms with Crippen molar-refractivity contribution in [3.63, 3.8) is 0 Å². The SMILES string of the molecule is CCNC(C1=CCCCCC1)C1CCCC1C. The van der Waals surface area contributed by atoms with Crippen LogP contribution in [0.1, 0.15) is 65.2 Å². The molecule has 2 aliphatic rings. The number of hydrogen-bond donors (Lipinski definition) is 1. The molecule has 17 heavy (non-hydrogen) atoms. The molecule has 98 valence electrons. The zero-order chi connectivity index (χ0) is 12.1. The molecular weight excluding hydrogens is 206 g/mol. The Bertz CT molecular complexity index is 256. The lowest BCUT2D eigenvalue weighted by atomic mass is 9.84. The van der Waals surface area contributed by atoms with E-state index in [4.69, 9.17) is 0 Å². The summed E-state index contributed by atoms with van der Waals surface area (Å²) < 4.78 is 0. The van der Waals surface area contributed by atoms with Crippen molar-refractivity contribution in [2.45, 2.75) is 71.3 Å². The van der Waals surface area contributed by atoms with Gasteiger partial charge in [0.1, 0.15) is 0 Å². The third-order valence-electron chi connectivity index (χ3n) is 4.76. The second kappa shape index (κ2) is 6.58. The van der Waals surface area contributed by atoms with Gasteiger partial charge in [-0.1, -0.05) is 44.8 Å². The average Bonchev–Trinajstić information content (AvgIpc) is 2.60. The van der Waals surface area contributed by atoms with Gasteiger partial charge in [0.25, 0.3) is 0 Å². The highest BCUT2D eigenvalue weighted by Gasteiger charge is 2.32. The van der Waals surface area contributed by atoms with Gasteiger partial charge in [0.2, 0.25) is 0 Å². The molecule has 0 amide bonds. The molecule has 2 aliphatic carbocycles. The molecule has 3 unspecified atom stereocenters. The number of nitrogens with one attached hydrogen (secondary N) is 1. The molecule has 2 rings (SSSR count). The van der Waals surface area contributed by atoms with Gasteiger partial charge in [-0.25, -0.2) is 0 Å². The van der Waals surface area contributed by atoms with E-state index >= 15 is 0 Å². The topological polar surface area (TPSA) is 12.0 Å². The van der Waals surface area contributed by atoms with Gasteiger partial charge in [-0.15, -0.1) is 0 Å². The minimum Gasteiger partial charge on any atom is -0.310 e. The van der Waals surface area contributed by atoms with Crippen molar-refractivity contribution in [1.82, 2.24) is 5.32 Å². The van der Waals surface area contributed by atoms with Crippen molar-refractivity contribution in [3.8, 4) is 0 Å². The first kappa shape index (κ1) is 13.1. The molecule has 0 heterocycles. The second-order valence-electron chi connectivity index (χ2n) is 5.99.